The lowest BCUT2D eigenvalue weighted by atomic mass is 10.0. The molecule has 0 unspecified atom stereocenters. The molecule has 3 aromatic rings. The highest BCUT2D eigenvalue weighted by molar-refractivity contribution is 6.39. The van der Waals surface area contributed by atoms with Gasteiger partial charge in [-0.25, -0.2) is 4.79 Å². The smallest absolute Gasteiger partial charge is 0.326 e. The first kappa shape index (κ1) is 25.2. The zero-order valence-electron chi connectivity index (χ0n) is 18.4. The van der Waals surface area contributed by atoms with Gasteiger partial charge in [-0.15, -0.1) is 0 Å². The summed E-state index contributed by atoms with van der Waals surface area (Å²) in [6.45, 7) is 2.48. The first-order chi connectivity index (χ1) is 16.1. The van der Waals surface area contributed by atoms with Gasteiger partial charge in [-0.05, 0) is 24.1 Å². The van der Waals surface area contributed by atoms with E-state index < -0.39 is 28.8 Å². The van der Waals surface area contributed by atoms with Crippen molar-refractivity contribution in [2.45, 2.75) is 25.8 Å². The molecule has 0 radical (unpaired) electrons. The molecule has 1 atom stereocenters. The normalized spacial score (nSPS) is 11.8. The Morgan fingerprint density at radius 3 is 2.24 bits per heavy atom. The number of aromatic nitrogens is 1. The average Bonchev–Trinajstić information content (AvgIpc) is 2.80. The van der Waals surface area contributed by atoms with Crippen LogP contribution in [0.3, 0.4) is 0 Å². The van der Waals surface area contributed by atoms with Gasteiger partial charge in [0.15, 0.2) is 0 Å². The highest BCUT2D eigenvalue weighted by Crippen LogP contribution is 2.29. The Balaban J connectivity index is 1.73. The molecule has 3 rings (SSSR count). The van der Waals surface area contributed by atoms with Gasteiger partial charge in [0, 0.05) is 38.0 Å². The fourth-order valence-corrected chi connectivity index (χ4v) is 3.90. The van der Waals surface area contributed by atoms with Crippen molar-refractivity contribution >= 4 is 52.1 Å². The second-order valence-electron chi connectivity index (χ2n) is 7.67. The number of benzene rings is 1. The number of pyridine rings is 1. The van der Waals surface area contributed by atoms with Crippen LogP contribution in [-0.4, -0.2) is 41.6 Å². The van der Waals surface area contributed by atoms with E-state index >= 15 is 0 Å². The van der Waals surface area contributed by atoms with Gasteiger partial charge in [-0.3, -0.25) is 19.4 Å². The van der Waals surface area contributed by atoms with Gasteiger partial charge in [0.1, 0.15) is 17.4 Å². The van der Waals surface area contributed by atoms with E-state index in [1.807, 2.05) is 6.92 Å². The quantitative estimate of drug-likeness (QED) is 0.359. The van der Waals surface area contributed by atoms with Gasteiger partial charge in [-0.2, -0.15) is 0 Å². The third-order valence-corrected chi connectivity index (χ3v) is 5.76. The lowest BCUT2D eigenvalue weighted by Gasteiger charge is -2.25. The number of amides is 1. The number of carbonyl (C=O) groups excluding carboxylic acids is 1. The number of nitrogens with one attached hydrogen (secondary N) is 2. The summed E-state index contributed by atoms with van der Waals surface area (Å²) >= 11 is 12.0. The molecule has 0 spiro atoms. The first-order valence-electron chi connectivity index (χ1n) is 10.4. The Bertz CT molecular complexity index is 1270. The number of carboxylic acid groups (broad SMARTS) is 1. The molecule has 0 saturated heterocycles. The van der Waals surface area contributed by atoms with E-state index in [0.717, 1.165) is 6.42 Å². The molecule has 1 aromatic heterocycles. The van der Waals surface area contributed by atoms with Crippen molar-refractivity contribution in [3.05, 3.63) is 78.3 Å². The number of nitrogens with zero attached hydrogens (tertiary/aromatic N) is 2. The Hall–Kier alpha value is -3.43. The van der Waals surface area contributed by atoms with Crippen LogP contribution in [0.2, 0.25) is 10.0 Å². The predicted octanol–water partition coefficient (Wildman–Crippen LogP) is 3.19. The molecule has 1 amide bonds. The Morgan fingerprint density at radius 2 is 1.68 bits per heavy atom. The van der Waals surface area contributed by atoms with E-state index in [-0.39, 0.29) is 33.5 Å². The van der Waals surface area contributed by atoms with Crippen molar-refractivity contribution in [2.24, 2.45) is 0 Å². The standard InChI is InChI=1S/C23H22Cl2N4O5/c1-3-8-29(2)19-18(20(30)21(19)31)27-16(23(33)34)9-12-4-6-13(7-5-12)22(32)28-17-14(24)10-26-11-15(17)25/h4-7,10-11,16,27H,3,8-9H2,1-2H3,(H,33,34)(H,26,28,32)/t16-/m0/s1. The largest absolute Gasteiger partial charge is 0.480 e. The lowest BCUT2D eigenvalue weighted by molar-refractivity contribution is -0.137. The highest BCUT2D eigenvalue weighted by Gasteiger charge is 2.28. The van der Waals surface area contributed by atoms with Crippen LogP contribution in [0.25, 0.3) is 0 Å². The molecule has 178 valence electrons. The topological polar surface area (TPSA) is 129 Å². The number of rotatable bonds is 10. The van der Waals surface area contributed by atoms with Crippen LogP contribution in [0.15, 0.2) is 46.2 Å². The zero-order valence-corrected chi connectivity index (χ0v) is 19.9. The SMILES string of the molecule is CCCN(C)c1c(N[C@@H](Cc2ccc(C(=O)Nc3c(Cl)cncc3Cl)cc2)C(=O)O)c(=O)c1=O. The summed E-state index contributed by atoms with van der Waals surface area (Å²) in [5.41, 5.74) is -0.0116. The second kappa shape index (κ2) is 10.7. The number of aliphatic carboxylic acids is 1. The molecule has 0 aliphatic carbocycles. The van der Waals surface area contributed by atoms with Gasteiger partial charge >= 0.3 is 5.97 Å². The number of carbonyl (C=O) groups is 2. The maximum absolute atomic E-state index is 12.5. The number of hydrogen-bond donors (Lipinski definition) is 3. The van der Waals surface area contributed by atoms with Crippen LogP contribution in [0.1, 0.15) is 29.3 Å². The summed E-state index contributed by atoms with van der Waals surface area (Å²) in [5.74, 6) is -1.64. The van der Waals surface area contributed by atoms with Crippen molar-refractivity contribution in [1.82, 2.24) is 4.98 Å². The van der Waals surface area contributed by atoms with E-state index in [0.29, 0.717) is 17.7 Å². The van der Waals surface area contributed by atoms with Crippen molar-refractivity contribution in [2.75, 3.05) is 29.1 Å². The second-order valence-corrected chi connectivity index (χ2v) is 8.49. The summed E-state index contributed by atoms with van der Waals surface area (Å²) < 4.78 is 0. The number of carboxylic acids is 1. The maximum atomic E-state index is 12.5. The molecule has 0 aliphatic rings. The minimum absolute atomic E-state index is 0.00968. The van der Waals surface area contributed by atoms with Crippen LogP contribution in [0.4, 0.5) is 17.1 Å². The molecule has 0 saturated carbocycles. The van der Waals surface area contributed by atoms with Gasteiger partial charge in [0.25, 0.3) is 16.8 Å². The predicted molar refractivity (Wildman–Crippen MR) is 132 cm³/mol. The Labute approximate surface area is 205 Å². The Morgan fingerprint density at radius 1 is 1.06 bits per heavy atom. The minimum atomic E-state index is -1.18. The van der Waals surface area contributed by atoms with Gasteiger partial charge in [0.05, 0.1) is 15.7 Å². The number of hydrogen-bond acceptors (Lipinski definition) is 7. The molecular formula is C23H22Cl2N4O5. The Kier molecular flexibility index (Phi) is 7.90. The summed E-state index contributed by atoms with van der Waals surface area (Å²) in [6, 6.07) is 5.13. The minimum Gasteiger partial charge on any atom is -0.480 e. The third-order valence-electron chi connectivity index (χ3n) is 5.19. The fraction of sp³-hybridized carbons (Fsp3) is 0.261. The third kappa shape index (κ3) is 5.37. The highest BCUT2D eigenvalue weighted by atomic mass is 35.5. The van der Waals surface area contributed by atoms with Crippen molar-refractivity contribution in [3.63, 3.8) is 0 Å². The van der Waals surface area contributed by atoms with E-state index in [2.05, 4.69) is 15.6 Å². The summed E-state index contributed by atoms with van der Waals surface area (Å²) in [5, 5.41) is 15.4. The zero-order chi connectivity index (χ0) is 25.0. The van der Waals surface area contributed by atoms with Crippen LogP contribution in [0.5, 0.6) is 0 Å². The van der Waals surface area contributed by atoms with Crippen molar-refractivity contribution in [1.29, 1.82) is 0 Å². The summed E-state index contributed by atoms with van der Waals surface area (Å²) in [7, 11) is 1.68. The maximum Gasteiger partial charge on any atom is 0.326 e. The van der Waals surface area contributed by atoms with E-state index in [9.17, 15) is 24.3 Å². The molecule has 3 N–H and O–H groups in total. The summed E-state index contributed by atoms with van der Waals surface area (Å²) in [4.78, 5) is 53.9. The molecule has 0 aliphatic heterocycles. The molecule has 1 heterocycles. The fourth-order valence-electron chi connectivity index (χ4n) is 3.44. The van der Waals surface area contributed by atoms with Crippen LogP contribution in [0, 0.1) is 0 Å². The van der Waals surface area contributed by atoms with E-state index in [4.69, 9.17) is 23.2 Å². The first-order valence-corrected chi connectivity index (χ1v) is 11.1. The molecule has 11 heteroatoms. The van der Waals surface area contributed by atoms with Gasteiger partial charge < -0.3 is 20.6 Å². The molecular weight excluding hydrogens is 483 g/mol. The van der Waals surface area contributed by atoms with Gasteiger partial charge in [-0.1, -0.05) is 42.3 Å². The van der Waals surface area contributed by atoms with Crippen molar-refractivity contribution < 1.29 is 14.7 Å². The van der Waals surface area contributed by atoms with Crippen LogP contribution < -0.4 is 26.4 Å². The molecule has 0 bridgehead atoms. The monoisotopic (exact) mass is 504 g/mol. The molecule has 9 nitrogen and oxygen atoms in total. The number of halogens is 2. The lowest BCUT2D eigenvalue weighted by Crippen LogP contribution is -2.45. The summed E-state index contributed by atoms with van der Waals surface area (Å²) in [6.07, 6.45) is 3.49. The molecule has 0 fully saturated rings. The average molecular weight is 505 g/mol. The van der Waals surface area contributed by atoms with Crippen LogP contribution in [-0.2, 0) is 11.2 Å². The van der Waals surface area contributed by atoms with E-state index in [1.54, 1.807) is 24.1 Å². The number of anilines is 3. The molecule has 34 heavy (non-hydrogen) atoms. The van der Waals surface area contributed by atoms with Crippen molar-refractivity contribution in [3.8, 4) is 0 Å². The van der Waals surface area contributed by atoms with E-state index in [1.165, 1.54) is 24.5 Å². The van der Waals surface area contributed by atoms with Crippen LogP contribution >= 0.6 is 23.2 Å². The van der Waals surface area contributed by atoms with Gasteiger partial charge in [0.2, 0.25) is 0 Å². The molecule has 2 aromatic carbocycles.